The Morgan fingerprint density at radius 2 is 1.86 bits per heavy atom. The number of imidazole rings is 1. The number of nitrogens with one attached hydrogen (secondary N) is 1. The van der Waals surface area contributed by atoms with Crippen molar-refractivity contribution in [2.75, 3.05) is 17.3 Å². The molecule has 1 aromatic carbocycles. The van der Waals surface area contributed by atoms with E-state index in [1.54, 1.807) is 32.2 Å². The fraction of sp³-hybridized carbons (Fsp3) is 0.292. The minimum atomic E-state index is -5.25. The van der Waals surface area contributed by atoms with Gasteiger partial charge in [-0.05, 0) is 39.0 Å². The number of aromatic nitrogens is 3. The van der Waals surface area contributed by atoms with E-state index >= 15 is 0 Å². The number of carbonyl (C=O) groups is 2. The molecule has 0 aliphatic rings. The molecule has 3 rings (SSSR count). The van der Waals surface area contributed by atoms with Gasteiger partial charge in [0.05, 0.1) is 23.0 Å². The van der Waals surface area contributed by atoms with Gasteiger partial charge in [-0.15, -0.1) is 0 Å². The summed E-state index contributed by atoms with van der Waals surface area (Å²) < 4.78 is 59.7. The van der Waals surface area contributed by atoms with Gasteiger partial charge in [0.2, 0.25) is 0 Å². The molecule has 13 heteroatoms. The topological polar surface area (TPSA) is 113 Å². The molecule has 0 radical (unpaired) electrons. The number of ether oxygens (including phenoxy) is 1. The number of aryl methyl sites for hydroxylation is 1. The number of carbonyl (C=O) groups excluding carboxylic acids is 2. The highest BCUT2D eigenvalue weighted by Crippen LogP contribution is 2.32. The van der Waals surface area contributed by atoms with E-state index in [-0.39, 0.29) is 33.5 Å². The van der Waals surface area contributed by atoms with Crippen LogP contribution in [0.2, 0.25) is 0 Å². The number of benzene rings is 1. The third-order valence-corrected chi connectivity index (χ3v) is 4.73. The van der Waals surface area contributed by atoms with Crippen LogP contribution in [0.4, 0.5) is 34.0 Å². The molecule has 0 fully saturated rings. The number of pyridine rings is 1. The Labute approximate surface area is 208 Å². The summed E-state index contributed by atoms with van der Waals surface area (Å²) in [6, 6.07) is 5.12. The molecule has 0 aliphatic carbocycles. The molecule has 0 saturated heterocycles. The fourth-order valence-electron chi connectivity index (χ4n) is 3.08. The molecule has 2 heterocycles. The summed E-state index contributed by atoms with van der Waals surface area (Å²) >= 11 is 0. The largest absolute Gasteiger partial charge is 0.471 e. The molecule has 0 spiro atoms. The van der Waals surface area contributed by atoms with Gasteiger partial charge in [-0.25, -0.2) is 19.2 Å². The lowest BCUT2D eigenvalue weighted by atomic mass is 10.1. The molecule has 2 amide bonds. The Kier molecular flexibility index (Phi) is 7.12. The summed E-state index contributed by atoms with van der Waals surface area (Å²) in [5.41, 5.74) is -0.913. The molecule has 9 nitrogen and oxygen atoms in total. The van der Waals surface area contributed by atoms with E-state index in [2.05, 4.69) is 21.8 Å². The minimum Gasteiger partial charge on any atom is -0.443 e. The third-order valence-electron chi connectivity index (χ3n) is 4.73. The number of hydrogen-bond donors (Lipinski definition) is 1. The van der Waals surface area contributed by atoms with Gasteiger partial charge in [0.25, 0.3) is 0 Å². The average Bonchev–Trinajstić information content (AvgIpc) is 3.18. The number of fused-ring (bicyclic) bond motifs is 1. The maximum Gasteiger partial charge on any atom is 0.471 e. The summed E-state index contributed by atoms with van der Waals surface area (Å²) in [6.45, 7) is 4.89. The Hall–Kier alpha value is -4.65. The first kappa shape index (κ1) is 26.9. The highest BCUT2D eigenvalue weighted by molar-refractivity contribution is 6.03. The summed E-state index contributed by atoms with van der Waals surface area (Å²) in [7, 11) is 2.81. The Balaban J connectivity index is 2.26. The normalized spacial score (nSPS) is 11.4. The van der Waals surface area contributed by atoms with Crippen molar-refractivity contribution < 1.29 is 31.9 Å². The molecular formula is C24H20F4N6O3. The van der Waals surface area contributed by atoms with Crippen molar-refractivity contribution in [1.29, 1.82) is 5.26 Å². The van der Waals surface area contributed by atoms with Crippen molar-refractivity contribution >= 4 is 34.7 Å². The Bertz CT molecular complexity index is 1500. The predicted molar refractivity (Wildman–Crippen MR) is 125 cm³/mol. The lowest BCUT2D eigenvalue weighted by Gasteiger charge is -2.24. The van der Waals surface area contributed by atoms with E-state index in [4.69, 9.17) is 10.00 Å². The van der Waals surface area contributed by atoms with Crippen LogP contribution >= 0.6 is 0 Å². The monoisotopic (exact) mass is 516 g/mol. The van der Waals surface area contributed by atoms with Crippen molar-refractivity contribution in [3.63, 3.8) is 0 Å². The second-order valence-electron chi connectivity index (χ2n) is 8.76. The van der Waals surface area contributed by atoms with Crippen LogP contribution in [0.1, 0.15) is 37.5 Å². The van der Waals surface area contributed by atoms with E-state index in [0.29, 0.717) is 0 Å². The van der Waals surface area contributed by atoms with Crippen LogP contribution < -0.4 is 10.2 Å². The molecule has 192 valence electrons. The molecule has 0 aliphatic heterocycles. The SMILES string of the molecule is CN(C(=O)OC(C)(C)C)c1nc(NC(=O)C(F)(F)F)c(C#Cc2ccc(F)c(C#N)c2)c2c1ncn2C. The first-order valence-electron chi connectivity index (χ1n) is 10.5. The number of alkyl halides is 3. The Morgan fingerprint density at radius 1 is 1.19 bits per heavy atom. The fourth-order valence-corrected chi connectivity index (χ4v) is 3.08. The standard InChI is InChI=1S/C24H20F4N6O3/c1-23(2,3)37-22(36)34(5)20-17-18(33(4)12-30-17)15(19(31-20)32-21(35)24(26,27)28)8-6-13-7-9-16(25)14(10-13)11-29/h7,9-10,12H,1-5H3,(H,31,32,35). The van der Waals surface area contributed by atoms with Crippen LogP contribution in [-0.2, 0) is 16.6 Å². The number of anilines is 2. The summed E-state index contributed by atoms with van der Waals surface area (Å²) in [5.74, 6) is 1.40. The maximum atomic E-state index is 13.7. The number of hydrogen-bond acceptors (Lipinski definition) is 6. The molecule has 1 N–H and O–H groups in total. The van der Waals surface area contributed by atoms with Crippen molar-refractivity contribution in [3.05, 3.63) is 47.0 Å². The predicted octanol–water partition coefficient (Wildman–Crippen LogP) is 4.25. The second kappa shape index (κ2) is 9.78. The van der Waals surface area contributed by atoms with E-state index in [1.807, 2.05) is 0 Å². The van der Waals surface area contributed by atoms with Crippen LogP contribution in [0.3, 0.4) is 0 Å². The Morgan fingerprint density at radius 3 is 2.46 bits per heavy atom. The van der Waals surface area contributed by atoms with Gasteiger partial charge in [-0.2, -0.15) is 18.4 Å². The van der Waals surface area contributed by atoms with E-state index in [1.165, 1.54) is 31.1 Å². The first-order chi connectivity index (χ1) is 17.1. The van der Waals surface area contributed by atoms with E-state index in [9.17, 15) is 27.2 Å². The van der Waals surface area contributed by atoms with Crippen molar-refractivity contribution in [2.45, 2.75) is 32.5 Å². The van der Waals surface area contributed by atoms with E-state index < -0.39 is 35.4 Å². The highest BCUT2D eigenvalue weighted by Gasteiger charge is 2.40. The lowest BCUT2D eigenvalue weighted by molar-refractivity contribution is -0.167. The quantitative estimate of drug-likeness (QED) is 0.403. The van der Waals surface area contributed by atoms with Gasteiger partial charge in [0.15, 0.2) is 11.6 Å². The van der Waals surface area contributed by atoms with Crippen LogP contribution in [0, 0.1) is 29.0 Å². The molecule has 0 atom stereocenters. The number of nitrogens with zero attached hydrogens (tertiary/aromatic N) is 5. The van der Waals surface area contributed by atoms with Gasteiger partial charge in [-0.3, -0.25) is 9.69 Å². The van der Waals surface area contributed by atoms with Gasteiger partial charge in [0.1, 0.15) is 23.0 Å². The zero-order chi connectivity index (χ0) is 27.7. The smallest absolute Gasteiger partial charge is 0.443 e. The highest BCUT2D eigenvalue weighted by atomic mass is 19.4. The summed E-state index contributed by atoms with van der Waals surface area (Å²) in [4.78, 5) is 33.7. The van der Waals surface area contributed by atoms with Crippen molar-refractivity contribution in [2.24, 2.45) is 7.05 Å². The van der Waals surface area contributed by atoms with Crippen molar-refractivity contribution in [3.8, 4) is 17.9 Å². The zero-order valence-corrected chi connectivity index (χ0v) is 20.3. The molecule has 37 heavy (non-hydrogen) atoms. The van der Waals surface area contributed by atoms with Crippen LogP contribution in [0.15, 0.2) is 24.5 Å². The van der Waals surface area contributed by atoms with Gasteiger partial charge < -0.3 is 14.6 Å². The molecule has 3 aromatic rings. The summed E-state index contributed by atoms with van der Waals surface area (Å²) in [5, 5.41) is 10.7. The van der Waals surface area contributed by atoms with Crippen LogP contribution in [0.5, 0.6) is 0 Å². The minimum absolute atomic E-state index is 0.0852. The molecule has 2 aromatic heterocycles. The summed E-state index contributed by atoms with van der Waals surface area (Å²) in [6.07, 6.45) is -4.79. The lowest BCUT2D eigenvalue weighted by Crippen LogP contribution is -2.35. The molecular weight excluding hydrogens is 496 g/mol. The number of rotatable bonds is 2. The number of nitriles is 1. The zero-order valence-electron chi connectivity index (χ0n) is 20.3. The molecule has 0 bridgehead atoms. The third kappa shape index (κ3) is 5.95. The molecule has 0 saturated carbocycles. The van der Waals surface area contributed by atoms with Gasteiger partial charge >= 0.3 is 18.2 Å². The maximum absolute atomic E-state index is 13.7. The number of amides is 2. The van der Waals surface area contributed by atoms with Gasteiger partial charge in [0, 0.05) is 19.7 Å². The van der Waals surface area contributed by atoms with Gasteiger partial charge in [-0.1, -0.05) is 11.8 Å². The number of halogens is 4. The average molecular weight is 516 g/mol. The van der Waals surface area contributed by atoms with Crippen LogP contribution in [-0.4, -0.2) is 45.4 Å². The van der Waals surface area contributed by atoms with E-state index in [0.717, 1.165) is 17.0 Å². The van der Waals surface area contributed by atoms with Crippen molar-refractivity contribution in [1.82, 2.24) is 14.5 Å². The molecule has 0 unspecified atom stereocenters. The second-order valence-corrected chi connectivity index (χ2v) is 8.76. The van der Waals surface area contributed by atoms with Crippen LogP contribution in [0.25, 0.3) is 11.0 Å². The first-order valence-corrected chi connectivity index (χ1v) is 10.5.